The summed E-state index contributed by atoms with van der Waals surface area (Å²) in [6, 6.07) is 0. The molecule has 0 aliphatic heterocycles. The van der Waals surface area contributed by atoms with E-state index in [0.717, 1.165) is 16.5 Å². The highest BCUT2D eigenvalue weighted by Crippen LogP contribution is 2.24. The fourth-order valence-electron chi connectivity index (χ4n) is 1.33. The van der Waals surface area contributed by atoms with Crippen LogP contribution in [0.3, 0.4) is 0 Å². The molecule has 0 saturated carbocycles. The Balaban J connectivity index is 1.95. The lowest BCUT2D eigenvalue weighted by atomic mass is 10.2. The van der Waals surface area contributed by atoms with Crippen LogP contribution < -0.4 is 0 Å². The second kappa shape index (κ2) is 6.26. The molecule has 0 spiro atoms. The van der Waals surface area contributed by atoms with Crippen molar-refractivity contribution in [2.24, 2.45) is 0 Å². The Morgan fingerprint density at radius 1 is 1.50 bits per heavy atom. The quantitative estimate of drug-likeness (QED) is 0.811. The summed E-state index contributed by atoms with van der Waals surface area (Å²) in [6.45, 7) is 4.73. The lowest BCUT2D eigenvalue weighted by Gasteiger charge is -2.00. The van der Waals surface area contributed by atoms with Crippen molar-refractivity contribution in [1.29, 1.82) is 0 Å². The molecule has 0 amide bonds. The number of tetrazole rings is 1. The highest BCUT2D eigenvalue weighted by molar-refractivity contribution is 7.98. The first-order valence-corrected chi connectivity index (χ1v) is 7.51. The maximum absolute atomic E-state index is 8.88. The van der Waals surface area contributed by atoms with E-state index < -0.39 is 0 Å². The number of aromatic nitrogens is 5. The number of aliphatic hydroxyl groups is 1. The smallest absolute Gasteiger partial charge is 0.209 e. The molecule has 2 heterocycles. The maximum Gasteiger partial charge on any atom is 0.209 e. The van der Waals surface area contributed by atoms with Gasteiger partial charge in [0.1, 0.15) is 0 Å². The molecule has 0 bridgehead atoms. The van der Waals surface area contributed by atoms with Gasteiger partial charge in [0.15, 0.2) is 0 Å². The van der Waals surface area contributed by atoms with Crippen LogP contribution in [0.1, 0.15) is 30.5 Å². The van der Waals surface area contributed by atoms with E-state index in [2.05, 4.69) is 39.7 Å². The van der Waals surface area contributed by atoms with Gasteiger partial charge in [0.05, 0.1) is 23.9 Å². The van der Waals surface area contributed by atoms with Gasteiger partial charge < -0.3 is 5.11 Å². The normalized spacial score (nSPS) is 11.3. The Morgan fingerprint density at radius 3 is 3.00 bits per heavy atom. The van der Waals surface area contributed by atoms with E-state index in [9.17, 15) is 0 Å². The summed E-state index contributed by atoms with van der Waals surface area (Å²) >= 11 is 3.22. The first kappa shape index (κ1) is 13.4. The molecule has 18 heavy (non-hydrogen) atoms. The summed E-state index contributed by atoms with van der Waals surface area (Å²) in [5, 5.41) is 24.1. The second-order valence-electron chi connectivity index (χ2n) is 4.03. The molecule has 0 saturated heterocycles. The van der Waals surface area contributed by atoms with Gasteiger partial charge >= 0.3 is 0 Å². The highest BCUT2D eigenvalue weighted by atomic mass is 32.2. The van der Waals surface area contributed by atoms with Crippen molar-refractivity contribution in [2.75, 3.05) is 6.61 Å². The molecule has 0 radical (unpaired) electrons. The van der Waals surface area contributed by atoms with Crippen LogP contribution >= 0.6 is 23.1 Å². The zero-order valence-electron chi connectivity index (χ0n) is 10.3. The zero-order valence-corrected chi connectivity index (χ0v) is 11.9. The van der Waals surface area contributed by atoms with E-state index in [4.69, 9.17) is 5.11 Å². The summed E-state index contributed by atoms with van der Waals surface area (Å²) in [6.07, 6.45) is 0. The molecule has 1 N–H and O–H groups in total. The Hall–Kier alpha value is -0.990. The average Bonchev–Trinajstić information content (AvgIpc) is 2.95. The molecule has 0 aliphatic carbocycles. The van der Waals surface area contributed by atoms with Crippen molar-refractivity contribution < 1.29 is 5.11 Å². The number of nitrogens with zero attached hydrogens (tertiary/aromatic N) is 5. The number of aliphatic hydroxyl groups excluding tert-OH is 1. The van der Waals surface area contributed by atoms with Gasteiger partial charge in [0, 0.05) is 17.1 Å². The topological polar surface area (TPSA) is 76.7 Å². The van der Waals surface area contributed by atoms with Crippen molar-refractivity contribution in [2.45, 2.75) is 37.2 Å². The number of thiazole rings is 1. The maximum atomic E-state index is 8.88. The summed E-state index contributed by atoms with van der Waals surface area (Å²) < 4.78 is 1.60. The van der Waals surface area contributed by atoms with Gasteiger partial charge in [0.25, 0.3) is 0 Å². The van der Waals surface area contributed by atoms with Crippen LogP contribution in [0.15, 0.2) is 10.5 Å². The molecule has 2 aromatic rings. The molecule has 2 rings (SSSR count). The van der Waals surface area contributed by atoms with Gasteiger partial charge in [-0.15, -0.1) is 16.4 Å². The number of rotatable bonds is 6. The van der Waals surface area contributed by atoms with E-state index in [1.807, 2.05) is 0 Å². The Bertz CT molecular complexity index is 496. The molecule has 8 heteroatoms. The summed E-state index contributed by atoms with van der Waals surface area (Å²) in [5.41, 5.74) is 1.05. The average molecular weight is 285 g/mol. The molecular formula is C10H15N5OS2. The first-order valence-electron chi connectivity index (χ1n) is 5.65. The number of hydrogen-bond donors (Lipinski definition) is 1. The van der Waals surface area contributed by atoms with E-state index in [-0.39, 0.29) is 6.61 Å². The Kier molecular flexibility index (Phi) is 4.67. The van der Waals surface area contributed by atoms with Crippen LogP contribution in [0, 0.1) is 0 Å². The fraction of sp³-hybridized carbons (Fsp3) is 0.600. The fourth-order valence-corrected chi connectivity index (χ4v) is 3.06. The standard InChI is InChI=1S/C10H15N5OS2/c1-7(2)9-11-8(5-17-9)6-18-10-12-13-14-15(10)3-4-16/h5,7,16H,3-4,6H2,1-2H3. The van der Waals surface area contributed by atoms with Gasteiger partial charge in [-0.1, -0.05) is 25.6 Å². The number of hydrogen-bond acceptors (Lipinski definition) is 7. The highest BCUT2D eigenvalue weighted by Gasteiger charge is 2.09. The van der Waals surface area contributed by atoms with Gasteiger partial charge in [-0.05, 0) is 10.4 Å². The zero-order chi connectivity index (χ0) is 13.0. The van der Waals surface area contributed by atoms with Crippen LogP contribution in [-0.2, 0) is 12.3 Å². The van der Waals surface area contributed by atoms with E-state index in [1.54, 1.807) is 16.0 Å². The SMILES string of the molecule is CC(C)c1nc(CSc2nnnn2CCO)cs1. The minimum atomic E-state index is 0.0345. The van der Waals surface area contributed by atoms with E-state index in [0.29, 0.717) is 17.6 Å². The molecule has 0 atom stereocenters. The van der Waals surface area contributed by atoms with Crippen molar-refractivity contribution >= 4 is 23.1 Å². The number of thioether (sulfide) groups is 1. The minimum absolute atomic E-state index is 0.0345. The molecule has 0 fully saturated rings. The Morgan fingerprint density at radius 2 is 2.33 bits per heavy atom. The van der Waals surface area contributed by atoms with Gasteiger partial charge in [-0.25, -0.2) is 9.67 Å². The van der Waals surface area contributed by atoms with Crippen LogP contribution in [0.5, 0.6) is 0 Å². The molecular weight excluding hydrogens is 270 g/mol. The van der Waals surface area contributed by atoms with Crippen molar-refractivity contribution in [1.82, 2.24) is 25.2 Å². The third kappa shape index (κ3) is 3.27. The third-order valence-electron chi connectivity index (χ3n) is 2.22. The summed E-state index contributed by atoms with van der Waals surface area (Å²) in [7, 11) is 0. The molecule has 2 aromatic heterocycles. The van der Waals surface area contributed by atoms with E-state index >= 15 is 0 Å². The molecule has 0 unspecified atom stereocenters. The van der Waals surface area contributed by atoms with Crippen molar-refractivity contribution in [3.8, 4) is 0 Å². The van der Waals surface area contributed by atoms with Crippen molar-refractivity contribution in [3.05, 3.63) is 16.1 Å². The summed E-state index contributed by atoms with van der Waals surface area (Å²) in [4.78, 5) is 4.56. The second-order valence-corrected chi connectivity index (χ2v) is 5.86. The third-order valence-corrected chi connectivity index (χ3v) is 4.41. The predicted molar refractivity (Wildman–Crippen MR) is 70.7 cm³/mol. The first-order chi connectivity index (χ1) is 8.70. The molecule has 0 aliphatic rings. The van der Waals surface area contributed by atoms with Crippen LogP contribution in [0.2, 0.25) is 0 Å². The lowest BCUT2D eigenvalue weighted by Crippen LogP contribution is -2.05. The van der Waals surface area contributed by atoms with E-state index in [1.165, 1.54) is 11.8 Å². The lowest BCUT2D eigenvalue weighted by molar-refractivity contribution is 0.262. The minimum Gasteiger partial charge on any atom is -0.394 e. The molecule has 0 aromatic carbocycles. The molecule has 98 valence electrons. The molecule has 6 nitrogen and oxygen atoms in total. The van der Waals surface area contributed by atoms with Crippen LogP contribution in [-0.4, -0.2) is 36.9 Å². The van der Waals surface area contributed by atoms with Crippen LogP contribution in [0.4, 0.5) is 0 Å². The van der Waals surface area contributed by atoms with Crippen LogP contribution in [0.25, 0.3) is 0 Å². The van der Waals surface area contributed by atoms with Gasteiger partial charge in [0.2, 0.25) is 5.16 Å². The van der Waals surface area contributed by atoms with Crippen molar-refractivity contribution in [3.63, 3.8) is 0 Å². The summed E-state index contributed by atoms with van der Waals surface area (Å²) in [5.74, 6) is 1.21. The monoisotopic (exact) mass is 285 g/mol. The van der Waals surface area contributed by atoms with Gasteiger partial charge in [-0.2, -0.15) is 0 Å². The largest absolute Gasteiger partial charge is 0.394 e. The predicted octanol–water partition coefficient (Wildman–Crippen LogP) is 1.54. The van der Waals surface area contributed by atoms with Gasteiger partial charge in [-0.3, -0.25) is 0 Å². The Labute approximate surface area is 113 Å².